The summed E-state index contributed by atoms with van der Waals surface area (Å²) in [5.41, 5.74) is 0.984. The van der Waals surface area contributed by atoms with Gasteiger partial charge in [-0.2, -0.15) is 0 Å². The number of likely N-dealkylation sites (tertiary alicyclic amines) is 1. The number of halogens is 1. The first-order chi connectivity index (χ1) is 10.3. The van der Waals surface area contributed by atoms with Crippen LogP contribution in [0.1, 0.15) is 24.5 Å². The Kier molecular flexibility index (Phi) is 4.68. The van der Waals surface area contributed by atoms with E-state index >= 15 is 0 Å². The van der Waals surface area contributed by atoms with Crippen LogP contribution in [0.4, 0.5) is 9.18 Å². The number of hydrogen-bond acceptors (Lipinski definition) is 2. The highest BCUT2D eigenvalue weighted by atomic mass is 19.1. The molecular formula is C16H21FN2O3. The number of carbonyl (C=O) groups excluding carboxylic acids is 1. The van der Waals surface area contributed by atoms with Crippen molar-refractivity contribution in [2.24, 2.45) is 5.41 Å². The van der Waals surface area contributed by atoms with E-state index in [4.69, 9.17) is 5.11 Å². The Morgan fingerprint density at radius 3 is 2.77 bits per heavy atom. The zero-order chi connectivity index (χ0) is 16.3. The maximum atomic E-state index is 13.0. The van der Waals surface area contributed by atoms with Gasteiger partial charge >= 0.3 is 12.0 Å². The number of carboxylic acids is 1. The SMILES string of the molecule is Cc1cc(F)ccc1CCNC(=O)N1CCC(C)(C(=O)O)C1. The normalized spacial score (nSPS) is 21.0. The van der Waals surface area contributed by atoms with Crippen molar-refractivity contribution in [3.63, 3.8) is 0 Å². The molecule has 1 aliphatic rings. The molecule has 0 spiro atoms. The van der Waals surface area contributed by atoms with Gasteiger partial charge in [-0.1, -0.05) is 6.07 Å². The summed E-state index contributed by atoms with van der Waals surface area (Å²) in [6.45, 7) is 4.60. The van der Waals surface area contributed by atoms with E-state index in [-0.39, 0.29) is 18.4 Å². The number of benzene rings is 1. The number of urea groups is 1. The lowest BCUT2D eigenvalue weighted by Crippen LogP contribution is -2.41. The van der Waals surface area contributed by atoms with Gasteiger partial charge in [0.05, 0.1) is 5.41 Å². The van der Waals surface area contributed by atoms with E-state index < -0.39 is 11.4 Å². The number of carboxylic acid groups (broad SMARTS) is 1. The molecule has 22 heavy (non-hydrogen) atoms. The highest BCUT2D eigenvalue weighted by molar-refractivity contribution is 5.79. The summed E-state index contributed by atoms with van der Waals surface area (Å²) >= 11 is 0. The molecule has 1 atom stereocenters. The number of aliphatic carboxylic acids is 1. The van der Waals surface area contributed by atoms with E-state index in [1.165, 1.54) is 17.0 Å². The third kappa shape index (κ3) is 3.55. The van der Waals surface area contributed by atoms with Gasteiger partial charge in [-0.05, 0) is 49.9 Å². The third-order valence-electron chi connectivity index (χ3n) is 4.25. The summed E-state index contributed by atoms with van der Waals surface area (Å²) in [5, 5.41) is 12.0. The van der Waals surface area contributed by atoms with Crippen LogP contribution in [-0.4, -0.2) is 41.6 Å². The van der Waals surface area contributed by atoms with Gasteiger partial charge in [0.2, 0.25) is 0 Å². The van der Waals surface area contributed by atoms with Gasteiger partial charge in [-0.3, -0.25) is 4.79 Å². The second-order valence-corrected chi connectivity index (χ2v) is 6.09. The Bertz CT molecular complexity index is 591. The quantitative estimate of drug-likeness (QED) is 0.896. The summed E-state index contributed by atoms with van der Waals surface area (Å²) in [6, 6.07) is 4.34. The first-order valence-corrected chi connectivity index (χ1v) is 7.33. The predicted octanol–water partition coefficient (Wildman–Crippen LogP) is 2.18. The van der Waals surface area contributed by atoms with E-state index in [1.807, 2.05) is 6.92 Å². The molecule has 120 valence electrons. The van der Waals surface area contributed by atoms with Crippen molar-refractivity contribution in [3.05, 3.63) is 35.1 Å². The van der Waals surface area contributed by atoms with Gasteiger partial charge in [-0.15, -0.1) is 0 Å². The fraction of sp³-hybridized carbons (Fsp3) is 0.500. The van der Waals surface area contributed by atoms with E-state index in [0.717, 1.165) is 11.1 Å². The molecule has 2 rings (SSSR count). The Morgan fingerprint density at radius 2 is 2.18 bits per heavy atom. The van der Waals surface area contributed by atoms with Crippen molar-refractivity contribution >= 4 is 12.0 Å². The Balaban J connectivity index is 1.83. The zero-order valence-corrected chi connectivity index (χ0v) is 12.9. The molecule has 1 unspecified atom stereocenters. The van der Waals surface area contributed by atoms with Crippen LogP contribution in [-0.2, 0) is 11.2 Å². The lowest BCUT2D eigenvalue weighted by molar-refractivity contribution is -0.146. The molecule has 1 aliphatic heterocycles. The fourth-order valence-corrected chi connectivity index (χ4v) is 2.66. The van der Waals surface area contributed by atoms with Gasteiger partial charge in [0.1, 0.15) is 5.82 Å². The van der Waals surface area contributed by atoms with E-state index in [1.54, 1.807) is 13.0 Å². The van der Waals surface area contributed by atoms with Crippen LogP contribution in [0.3, 0.4) is 0 Å². The van der Waals surface area contributed by atoms with Crippen LogP contribution < -0.4 is 5.32 Å². The molecule has 5 nitrogen and oxygen atoms in total. The van der Waals surface area contributed by atoms with Crippen LogP contribution in [0.5, 0.6) is 0 Å². The first kappa shape index (κ1) is 16.3. The van der Waals surface area contributed by atoms with Crippen molar-refractivity contribution in [2.45, 2.75) is 26.7 Å². The first-order valence-electron chi connectivity index (χ1n) is 7.33. The lowest BCUT2D eigenvalue weighted by Gasteiger charge is -2.20. The predicted molar refractivity (Wildman–Crippen MR) is 80.2 cm³/mol. The molecule has 0 bridgehead atoms. The highest BCUT2D eigenvalue weighted by Gasteiger charge is 2.42. The number of hydrogen-bond donors (Lipinski definition) is 2. The van der Waals surface area contributed by atoms with Crippen LogP contribution in [0.2, 0.25) is 0 Å². The third-order valence-corrected chi connectivity index (χ3v) is 4.25. The molecule has 1 aromatic rings. The van der Waals surface area contributed by atoms with E-state index in [9.17, 15) is 14.0 Å². The van der Waals surface area contributed by atoms with Crippen LogP contribution in [0, 0.1) is 18.2 Å². The molecule has 0 radical (unpaired) electrons. The Hall–Kier alpha value is -2.11. The van der Waals surface area contributed by atoms with Crippen molar-refractivity contribution < 1.29 is 19.1 Å². The largest absolute Gasteiger partial charge is 0.481 e. The topological polar surface area (TPSA) is 69.6 Å². The van der Waals surface area contributed by atoms with Gasteiger partial charge in [0.25, 0.3) is 0 Å². The number of amides is 2. The maximum absolute atomic E-state index is 13.0. The molecule has 2 amide bonds. The molecule has 1 heterocycles. The van der Waals surface area contributed by atoms with Gasteiger partial charge < -0.3 is 15.3 Å². The van der Waals surface area contributed by atoms with Crippen LogP contribution in [0.15, 0.2) is 18.2 Å². The Morgan fingerprint density at radius 1 is 1.45 bits per heavy atom. The number of aryl methyl sites for hydroxylation is 1. The van der Waals surface area contributed by atoms with Crippen molar-refractivity contribution in [1.82, 2.24) is 10.2 Å². The molecular weight excluding hydrogens is 287 g/mol. The van der Waals surface area contributed by atoms with Crippen LogP contribution >= 0.6 is 0 Å². The molecule has 1 saturated heterocycles. The molecule has 1 fully saturated rings. The minimum absolute atomic E-state index is 0.226. The van der Waals surface area contributed by atoms with Crippen LogP contribution in [0.25, 0.3) is 0 Å². The fourth-order valence-electron chi connectivity index (χ4n) is 2.66. The lowest BCUT2D eigenvalue weighted by atomic mass is 9.90. The zero-order valence-electron chi connectivity index (χ0n) is 12.9. The minimum atomic E-state index is -0.871. The molecule has 6 heteroatoms. The van der Waals surface area contributed by atoms with Crippen molar-refractivity contribution in [1.29, 1.82) is 0 Å². The van der Waals surface area contributed by atoms with Crippen molar-refractivity contribution in [3.8, 4) is 0 Å². The average Bonchev–Trinajstić information content (AvgIpc) is 2.85. The number of carbonyl (C=O) groups is 2. The van der Waals surface area contributed by atoms with Gasteiger partial charge in [0.15, 0.2) is 0 Å². The van der Waals surface area contributed by atoms with Gasteiger partial charge in [0, 0.05) is 19.6 Å². The standard InChI is InChI=1S/C16H21FN2O3/c1-11-9-13(17)4-3-12(11)5-7-18-15(22)19-8-6-16(2,10-19)14(20)21/h3-4,9H,5-8,10H2,1-2H3,(H,18,22)(H,20,21). The number of rotatable bonds is 4. The molecule has 1 aromatic carbocycles. The second-order valence-electron chi connectivity index (χ2n) is 6.09. The number of nitrogens with one attached hydrogen (secondary N) is 1. The molecule has 0 aromatic heterocycles. The van der Waals surface area contributed by atoms with Gasteiger partial charge in [-0.25, -0.2) is 9.18 Å². The molecule has 0 aliphatic carbocycles. The Labute approximate surface area is 129 Å². The summed E-state index contributed by atoms with van der Waals surface area (Å²) in [4.78, 5) is 24.7. The number of nitrogens with zero attached hydrogens (tertiary/aromatic N) is 1. The maximum Gasteiger partial charge on any atom is 0.317 e. The summed E-state index contributed by atoms with van der Waals surface area (Å²) in [7, 11) is 0. The smallest absolute Gasteiger partial charge is 0.317 e. The van der Waals surface area contributed by atoms with E-state index in [0.29, 0.717) is 25.9 Å². The molecule has 0 saturated carbocycles. The van der Waals surface area contributed by atoms with Crippen molar-refractivity contribution in [2.75, 3.05) is 19.6 Å². The highest BCUT2D eigenvalue weighted by Crippen LogP contribution is 2.29. The minimum Gasteiger partial charge on any atom is -0.481 e. The van der Waals surface area contributed by atoms with E-state index in [2.05, 4.69) is 5.32 Å². The second kappa shape index (κ2) is 6.34. The monoisotopic (exact) mass is 308 g/mol. The summed E-state index contributed by atoms with van der Waals surface area (Å²) in [5.74, 6) is -1.14. The average molecular weight is 308 g/mol. The summed E-state index contributed by atoms with van der Waals surface area (Å²) < 4.78 is 13.0. The molecule has 2 N–H and O–H groups in total. The summed E-state index contributed by atoms with van der Waals surface area (Å²) in [6.07, 6.45) is 1.08.